The Balaban J connectivity index is 0.000000142. The first-order valence-electron chi connectivity index (χ1n) is 27.5. The van der Waals surface area contributed by atoms with Crippen LogP contribution in [0.2, 0.25) is 0 Å². The highest BCUT2D eigenvalue weighted by Gasteiger charge is 2.31. The minimum absolute atomic E-state index is 0.0457. The maximum absolute atomic E-state index is 10.4. The molecule has 11 aromatic rings. The lowest BCUT2D eigenvalue weighted by atomic mass is 9.81. The molecular weight excluding hydrogens is 961 g/mol. The molecule has 4 unspecified atom stereocenters. The molecule has 0 fully saturated rings. The van der Waals surface area contributed by atoms with Crippen LogP contribution < -0.4 is 4.74 Å². The fourth-order valence-electron chi connectivity index (χ4n) is 9.69. The highest BCUT2D eigenvalue weighted by atomic mass is 16.5. The SMILES string of the molecule is CC(C)C(C)(O)c1ccc(C(C)(O)C(C)C)cc1.CC(C)C(C)(O)c1ccc(CO)cc1.COc1ccc(C(C)(O)C(C)C)cc1.c1cc2ccc3cccc4ccc(c1)c2c34.c1cc2ccc3cccc4ccc(c1)c2c34. The van der Waals surface area contributed by atoms with Crippen LogP contribution in [0.4, 0.5) is 0 Å². The van der Waals surface area contributed by atoms with Crippen LogP contribution in [-0.4, -0.2) is 32.6 Å². The quantitative estimate of drug-likeness (QED) is 0.0873. The number of hydrogen-bond acceptors (Lipinski definition) is 6. The Morgan fingerprint density at radius 3 is 0.679 bits per heavy atom. The van der Waals surface area contributed by atoms with Gasteiger partial charge in [-0.25, -0.2) is 0 Å². The van der Waals surface area contributed by atoms with Crippen molar-refractivity contribution >= 4 is 64.6 Å². The average molecular weight is 1040 g/mol. The fraction of sp³-hybridized carbons (Fsp3) is 0.306. The highest BCUT2D eigenvalue weighted by Crippen LogP contribution is 2.37. The number of benzene rings is 11. The molecule has 0 saturated heterocycles. The van der Waals surface area contributed by atoms with E-state index in [0.29, 0.717) is 0 Å². The van der Waals surface area contributed by atoms with Crippen molar-refractivity contribution in [2.45, 2.75) is 112 Å². The second kappa shape index (κ2) is 24.4. The summed E-state index contributed by atoms with van der Waals surface area (Å²) in [6, 6.07) is 66.3. The lowest BCUT2D eigenvalue weighted by Gasteiger charge is -2.31. The average Bonchev–Trinajstić information content (AvgIpc) is 3.63. The van der Waals surface area contributed by atoms with E-state index in [-0.39, 0.29) is 30.3 Å². The summed E-state index contributed by atoms with van der Waals surface area (Å²) in [6.07, 6.45) is 0. The third-order valence-electron chi connectivity index (χ3n) is 16.7. The zero-order valence-electron chi connectivity index (χ0n) is 48.1. The van der Waals surface area contributed by atoms with E-state index < -0.39 is 22.4 Å². The lowest BCUT2D eigenvalue weighted by molar-refractivity contribution is 0.00548. The summed E-state index contributed by atoms with van der Waals surface area (Å²) >= 11 is 0. The van der Waals surface area contributed by atoms with Crippen LogP contribution in [0.1, 0.15) is 111 Å². The van der Waals surface area contributed by atoms with Gasteiger partial charge in [0.2, 0.25) is 0 Å². The van der Waals surface area contributed by atoms with Crippen molar-refractivity contribution in [1.29, 1.82) is 0 Å². The normalized spacial score (nSPS) is 14.7. The van der Waals surface area contributed by atoms with Gasteiger partial charge in [-0.05, 0) is 156 Å². The van der Waals surface area contributed by atoms with Crippen molar-refractivity contribution in [2.75, 3.05) is 7.11 Å². The molecule has 5 N–H and O–H groups in total. The number of aliphatic hydroxyl groups is 5. The summed E-state index contributed by atoms with van der Waals surface area (Å²) in [5, 5.41) is 66.3. The van der Waals surface area contributed by atoms with Crippen LogP contribution in [0.3, 0.4) is 0 Å². The third-order valence-corrected chi connectivity index (χ3v) is 16.7. The van der Waals surface area contributed by atoms with Gasteiger partial charge in [-0.1, -0.05) is 237 Å². The molecule has 11 rings (SSSR count). The molecule has 0 saturated carbocycles. The van der Waals surface area contributed by atoms with Crippen molar-refractivity contribution in [3.63, 3.8) is 0 Å². The first-order chi connectivity index (χ1) is 36.9. The molecule has 4 atom stereocenters. The molecule has 0 spiro atoms. The van der Waals surface area contributed by atoms with Gasteiger partial charge in [-0.2, -0.15) is 0 Å². The fourth-order valence-corrected chi connectivity index (χ4v) is 9.69. The Labute approximate surface area is 463 Å². The van der Waals surface area contributed by atoms with E-state index in [1.807, 2.05) is 156 Å². The third kappa shape index (κ3) is 12.7. The molecule has 0 bridgehead atoms. The van der Waals surface area contributed by atoms with Crippen molar-refractivity contribution in [3.05, 3.63) is 222 Å². The summed E-state index contributed by atoms with van der Waals surface area (Å²) in [7, 11) is 1.63. The Morgan fingerprint density at radius 2 is 0.500 bits per heavy atom. The molecule has 0 amide bonds. The minimum atomic E-state index is -0.831. The van der Waals surface area contributed by atoms with Gasteiger partial charge in [-0.3, -0.25) is 0 Å². The summed E-state index contributed by atoms with van der Waals surface area (Å²) in [5.74, 6) is 1.47. The van der Waals surface area contributed by atoms with Crippen molar-refractivity contribution in [3.8, 4) is 5.75 Å². The van der Waals surface area contributed by atoms with Gasteiger partial charge in [0, 0.05) is 0 Å². The number of hydrogen-bond donors (Lipinski definition) is 5. The maximum atomic E-state index is 10.4. The Kier molecular flexibility index (Phi) is 18.4. The maximum Gasteiger partial charge on any atom is 0.118 e. The van der Waals surface area contributed by atoms with Crippen molar-refractivity contribution in [2.24, 2.45) is 23.7 Å². The van der Waals surface area contributed by atoms with E-state index in [1.54, 1.807) is 7.11 Å². The van der Waals surface area contributed by atoms with Gasteiger partial charge < -0.3 is 30.3 Å². The molecule has 0 aromatic heterocycles. The second-order valence-electron chi connectivity index (χ2n) is 22.9. The molecule has 0 aliphatic rings. The predicted molar refractivity (Wildman–Crippen MR) is 330 cm³/mol. The molecular formula is C72H82O6. The van der Waals surface area contributed by atoms with Gasteiger partial charge in [-0.15, -0.1) is 0 Å². The summed E-state index contributed by atoms with van der Waals surface area (Å²) < 4.78 is 5.06. The number of aliphatic hydroxyl groups excluding tert-OH is 1. The van der Waals surface area contributed by atoms with Gasteiger partial charge >= 0.3 is 0 Å². The number of ether oxygens (including phenoxy) is 1. The molecule has 6 heteroatoms. The number of rotatable bonds is 10. The molecule has 406 valence electrons. The molecule has 78 heavy (non-hydrogen) atoms. The van der Waals surface area contributed by atoms with Crippen LogP contribution >= 0.6 is 0 Å². The summed E-state index contributed by atoms with van der Waals surface area (Å²) in [5.41, 5.74) is 1.23. The lowest BCUT2D eigenvalue weighted by Crippen LogP contribution is -2.30. The van der Waals surface area contributed by atoms with E-state index in [0.717, 1.165) is 33.6 Å². The molecule has 0 aliphatic carbocycles. The molecule has 6 nitrogen and oxygen atoms in total. The van der Waals surface area contributed by atoms with Crippen LogP contribution in [0, 0.1) is 23.7 Å². The largest absolute Gasteiger partial charge is 0.497 e. The zero-order chi connectivity index (χ0) is 56.7. The van der Waals surface area contributed by atoms with Crippen LogP contribution in [-0.2, 0) is 29.0 Å². The van der Waals surface area contributed by atoms with Crippen LogP contribution in [0.15, 0.2) is 194 Å². The zero-order valence-corrected chi connectivity index (χ0v) is 48.1. The van der Waals surface area contributed by atoms with Gasteiger partial charge in [0.05, 0.1) is 36.1 Å². The molecule has 0 radical (unpaired) electrons. The molecule has 0 heterocycles. The second-order valence-corrected chi connectivity index (χ2v) is 22.9. The predicted octanol–water partition coefficient (Wildman–Crippen LogP) is 17.2. The minimum Gasteiger partial charge on any atom is -0.497 e. The highest BCUT2D eigenvalue weighted by molar-refractivity contribution is 6.23. The van der Waals surface area contributed by atoms with E-state index in [4.69, 9.17) is 9.84 Å². The Morgan fingerprint density at radius 1 is 0.308 bits per heavy atom. The van der Waals surface area contributed by atoms with Crippen molar-refractivity contribution in [1.82, 2.24) is 0 Å². The standard InChI is InChI=1S/C16H26O2.2C16H10.2C12H18O2/c1-11(2)15(5,17)13-7-9-14(10-8-13)16(6,18)12(3)4;2*1-3-11-7-9-13-5-2-6-14-10-8-12(4-1)15(11)16(13)14;1-9(2)12(3,13)10-5-7-11(14-4)8-6-10;1-9(2)12(3,14)11-6-4-10(8-13)5-7-11/h7-12,17-18H,1-6H3;2*1-10H;5-9,13H,1-4H3;4-7,9,13-14H,8H2,1-3H3. The van der Waals surface area contributed by atoms with Crippen molar-refractivity contribution < 1.29 is 30.3 Å². The van der Waals surface area contributed by atoms with Gasteiger partial charge in [0.1, 0.15) is 5.75 Å². The van der Waals surface area contributed by atoms with Crippen LogP contribution in [0.25, 0.3) is 64.6 Å². The smallest absolute Gasteiger partial charge is 0.118 e. The monoisotopic (exact) mass is 1040 g/mol. The summed E-state index contributed by atoms with van der Waals surface area (Å²) in [6.45, 7) is 23.3. The first-order valence-corrected chi connectivity index (χ1v) is 27.5. The van der Waals surface area contributed by atoms with Crippen LogP contribution in [0.5, 0.6) is 5.75 Å². The molecule has 11 aromatic carbocycles. The van der Waals surface area contributed by atoms with E-state index in [1.165, 1.54) is 64.6 Å². The molecule has 0 aliphatic heterocycles. The van der Waals surface area contributed by atoms with E-state index in [9.17, 15) is 20.4 Å². The van der Waals surface area contributed by atoms with E-state index >= 15 is 0 Å². The first kappa shape index (κ1) is 58.8. The van der Waals surface area contributed by atoms with Gasteiger partial charge in [0.25, 0.3) is 0 Å². The summed E-state index contributed by atoms with van der Waals surface area (Å²) in [4.78, 5) is 0. The topological polar surface area (TPSA) is 110 Å². The van der Waals surface area contributed by atoms with Gasteiger partial charge in [0.15, 0.2) is 0 Å². The Bertz CT molecular complexity index is 3140. The Hall–Kier alpha value is -6.90. The number of methoxy groups -OCH3 is 1. The van der Waals surface area contributed by atoms with E-state index in [2.05, 4.69) is 121 Å².